The number of rotatable bonds is 3. The van der Waals surface area contributed by atoms with Crippen molar-refractivity contribution < 1.29 is 13.6 Å². The molecule has 0 radical (unpaired) electrons. The lowest BCUT2D eigenvalue weighted by atomic mass is 10.2. The molecule has 2 N–H and O–H groups in total. The predicted octanol–water partition coefficient (Wildman–Crippen LogP) is 0.738. The van der Waals surface area contributed by atoms with Gasteiger partial charge in [-0.3, -0.25) is 4.79 Å². The number of carbonyl (C=O) groups is 1. The fourth-order valence-corrected chi connectivity index (χ4v) is 2.62. The van der Waals surface area contributed by atoms with E-state index in [9.17, 15) is 13.6 Å². The number of hydrogen-bond acceptors (Lipinski definition) is 4. The first-order chi connectivity index (χ1) is 9.65. The monoisotopic (exact) mass is 282 g/mol. The highest BCUT2D eigenvalue weighted by molar-refractivity contribution is 5.78. The zero-order chi connectivity index (χ0) is 14.1. The molecule has 0 aromatic heterocycles. The van der Waals surface area contributed by atoms with E-state index >= 15 is 0 Å². The van der Waals surface area contributed by atoms with E-state index in [-0.39, 0.29) is 24.2 Å². The molecule has 108 valence electrons. The van der Waals surface area contributed by atoms with Crippen molar-refractivity contribution in [3.8, 4) is 0 Å². The van der Waals surface area contributed by atoms with Crippen LogP contribution in [0.25, 0.3) is 0 Å². The number of carbonyl (C=O) groups excluding carboxylic acids is 1. The van der Waals surface area contributed by atoms with Crippen molar-refractivity contribution in [2.24, 2.45) is 0 Å². The normalized spacial score (nSPS) is 23.8. The molecular formula is C13H16F2N4O. The van der Waals surface area contributed by atoms with Crippen LogP contribution in [0.3, 0.4) is 0 Å². The molecule has 0 saturated carbocycles. The molecule has 0 aliphatic carbocycles. The standard InChI is InChI=1S/C13H16F2N4O/c14-10-3-1-4-11(15)9(10)7-18-8-12(16-17-18)19-6-2-5-13(19)20/h1,3-4,12,16-17H,2,5-8H2. The van der Waals surface area contributed by atoms with Crippen molar-refractivity contribution in [2.45, 2.75) is 25.6 Å². The summed E-state index contributed by atoms with van der Waals surface area (Å²) in [5, 5.41) is 1.66. The van der Waals surface area contributed by atoms with Gasteiger partial charge in [0, 0.05) is 31.6 Å². The third kappa shape index (κ3) is 2.52. The van der Waals surface area contributed by atoms with Gasteiger partial charge in [-0.15, -0.1) is 0 Å². The number of amides is 1. The fourth-order valence-electron chi connectivity index (χ4n) is 2.62. The molecule has 1 aromatic carbocycles. The van der Waals surface area contributed by atoms with E-state index in [2.05, 4.69) is 11.0 Å². The number of nitrogens with zero attached hydrogens (tertiary/aromatic N) is 2. The minimum Gasteiger partial charge on any atom is -0.325 e. The second-order valence-corrected chi connectivity index (χ2v) is 5.04. The topological polar surface area (TPSA) is 47.6 Å². The summed E-state index contributed by atoms with van der Waals surface area (Å²) in [6, 6.07) is 3.82. The Labute approximate surface area is 115 Å². The molecule has 2 aliphatic heterocycles. The van der Waals surface area contributed by atoms with Gasteiger partial charge in [0.2, 0.25) is 5.91 Å². The Morgan fingerprint density at radius 3 is 2.70 bits per heavy atom. The first kappa shape index (κ1) is 13.4. The second kappa shape index (κ2) is 5.43. The summed E-state index contributed by atoms with van der Waals surface area (Å²) in [6.07, 6.45) is 1.28. The quantitative estimate of drug-likeness (QED) is 0.858. The molecule has 20 heavy (non-hydrogen) atoms. The lowest BCUT2D eigenvalue weighted by molar-refractivity contribution is -0.129. The van der Waals surface area contributed by atoms with Crippen LogP contribution in [0.2, 0.25) is 0 Å². The van der Waals surface area contributed by atoms with E-state index in [1.54, 1.807) is 9.91 Å². The Morgan fingerprint density at radius 2 is 2.05 bits per heavy atom. The molecule has 1 unspecified atom stereocenters. The first-order valence-electron chi connectivity index (χ1n) is 6.63. The highest BCUT2D eigenvalue weighted by Gasteiger charge is 2.33. The molecule has 2 fully saturated rings. The van der Waals surface area contributed by atoms with Crippen molar-refractivity contribution in [1.29, 1.82) is 0 Å². The van der Waals surface area contributed by atoms with Gasteiger partial charge in [-0.05, 0) is 18.6 Å². The van der Waals surface area contributed by atoms with Crippen LogP contribution in [0.1, 0.15) is 18.4 Å². The van der Waals surface area contributed by atoms with Gasteiger partial charge in [-0.25, -0.2) is 19.2 Å². The fraction of sp³-hybridized carbons (Fsp3) is 0.462. The van der Waals surface area contributed by atoms with Crippen molar-refractivity contribution >= 4 is 5.91 Å². The van der Waals surface area contributed by atoms with E-state index in [1.807, 2.05) is 0 Å². The molecule has 7 heteroatoms. The maximum Gasteiger partial charge on any atom is 0.223 e. The van der Waals surface area contributed by atoms with Crippen molar-refractivity contribution in [2.75, 3.05) is 13.1 Å². The summed E-state index contributed by atoms with van der Waals surface area (Å²) in [4.78, 5) is 13.4. The number of benzene rings is 1. The number of nitrogens with one attached hydrogen (secondary N) is 2. The number of likely N-dealkylation sites (tertiary alicyclic amines) is 1. The Balaban J connectivity index is 1.64. The molecule has 0 spiro atoms. The highest BCUT2D eigenvalue weighted by Crippen LogP contribution is 2.18. The van der Waals surface area contributed by atoms with Crippen LogP contribution in [0.4, 0.5) is 8.78 Å². The summed E-state index contributed by atoms with van der Waals surface area (Å²) in [5.41, 5.74) is 5.86. The predicted molar refractivity (Wildman–Crippen MR) is 67.8 cm³/mol. The molecule has 1 amide bonds. The summed E-state index contributed by atoms with van der Waals surface area (Å²) >= 11 is 0. The number of hydrazine groups is 2. The van der Waals surface area contributed by atoms with Gasteiger partial charge >= 0.3 is 0 Å². The van der Waals surface area contributed by atoms with Crippen LogP contribution < -0.4 is 11.0 Å². The van der Waals surface area contributed by atoms with Gasteiger partial charge in [0.25, 0.3) is 0 Å². The van der Waals surface area contributed by atoms with E-state index in [0.717, 1.165) is 13.0 Å². The molecule has 2 aliphatic rings. The zero-order valence-electron chi connectivity index (χ0n) is 10.9. The maximum absolute atomic E-state index is 13.6. The molecule has 2 saturated heterocycles. The average Bonchev–Trinajstić information content (AvgIpc) is 3.02. The largest absolute Gasteiger partial charge is 0.325 e. The third-order valence-corrected chi connectivity index (χ3v) is 3.68. The molecule has 2 heterocycles. The summed E-state index contributed by atoms with van der Waals surface area (Å²) < 4.78 is 27.2. The average molecular weight is 282 g/mol. The van der Waals surface area contributed by atoms with Crippen molar-refractivity contribution in [3.05, 3.63) is 35.4 Å². The third-order valence-electron chi connectivity index (χ3n) is 3.68. The van der Waals surface area contributed by atoms with E-state index in [1.165, 1.54) is 18.2 Å². The first-order valence-corrected chi connectivity index (χ1v) is 6.63. The smallest absolute Gasteiger partial charge is 0.223 e. The summed E-state index contributed by atoms with van der Waals surface area (Å²) in [6.45, 7) is 1.31. The second-order valence-electron chi connectivity index (χ2n) is 5.04. The van der Waals surface area contributed by atoms with Crippen molar-refractivity contribution in [3.63, 3.8) is 0 Å². The van der Waals surface area contributed by atoms with Crippen molar-refractivity contribution in [1.82, 2.24) is 20.9 Å². The van der Waals surface area contributed by atoms with E-state index < -0.39 is 11.6 Å². The Hall–Kier alpha value is -1.57. The zero-order valence-corrected chi connectivity index (χ0v) is 10.9. The van der Waals surface area contributed by atoms with Crippen LogP contribution >= 0.6 is 0 Å². The van der Waals surface area contributed by atoms with Crippen LogP contribution in [0, 0.1) is 11.6 Å². The summed E-state index contributed by atoms with van der Waals surface area (Å²) in [5.74, 6) is -1.01. The lowest BCUT2D eigenvalue weighted by Gasteiger charge is -2.22. The number of hydrogen-bond donors (Lipinski definition) is 2. The van der Waals surface area contributed by atoms with Crippen LogP contribution in [-0.4, -0.2) is 35.1 Å². The van der Waals surface area contributed by atoms with Crippen LogP contribution in [0.5, 0.6) is 0 Å². The van der Waals surface area contributed by atoms with Gasteiger partial charge in [0.15, 0.2) is 0 Å². The number of halogens is 2. The molecule has 1 aromatic rings. The van der Waals surface area contributed by atoms with E-state index in [0.29, 0.717) is 13.0 Å². The van der Waals surface area contributed by atoms with Gasteiger partial charge in [-0.2, -0.15) is 5.53 Å². The Bertz CT molecular complexity index is 505. The minimum absolute atomic E-state index is 0.0233. The molecule has 5 nitrogen and oxygen atoms in total. The summed E-state index contributed by atoms with van der Waals surface area (Å²) in [7, 11) is 0. The van der Waals surface area contributed by atoms with Gasteiger partial charge in [-0.1, -0.05) is 6.07 Å². The van der Waals surface area contributed by atoms with Crippen LogP contribution in [-0.2, 0) is 11.3 Å². The highest BCUT2D eigenvalue weighted by atomic mass is 19.1. The van der Waals surface area contributed by atoms with Gasteiger partial charge < -0.3 is 4.90 Å². The lowest BCUT2D eigenvalue weighted by Crippen LogP contribution is -2.46. The Kier molecular flexibility index (Phi) is 3.64. The maximum atomic E-state index is 13.6. The minimum atomic E-state index is -0.563. The van der Waals surface area contributed by atoms with E-state index in [4.69, 9.17) is 0 Å². The van der Waals surface area contributed by atoms with Gasteiger partial charge in [0.1, 0.15) is 17.8 Å². The molecular weight excluding hydrogens is 266 g/mol. The molecule has 0 bridgehead atoms. The van der Waals surface area contributed by atoms with Crippen LogP contribution in [0.15, 0.2) is 18.2 Å². The SMILES string of the molecule is O=C1CCCN1C1CN(Cc2c(F)cccc2F)NN1. The molecule has 1 atom stereocenters. The Morgan fingerprint density at radius 1 is 1.30 bits per heavy atom. The molecule has 3 rings (SSSR count). The van der Waals surface area contributed by atoms with Gasteiger partial charge in [0.05, 0.1) is 0 Å².